The first-order chi connectivity index (χ1) is 35.5. The fourth-order valence-electron chi connectivity index (χ4n) is 14.5. The number of aromatic nitrogens is 4. The van der Waals surface area contributed by atoms with E-state index in [2.05, 4.69) is 77.8 Å². The quantitative estimate of drug-likeness (QED) is 0.156. The maximum absolute atomic E-state index is 15.3. The van der Waals surface area contributed by atoms with Gasteiger partial charge >= 0.3 is 0 Å². The molecule has 384 valence electrons. The molecule has 9 aliphatic rings. The third kappa shape index (κ3) is 8.28. The Morgan fingerprint density at radius 2 is 1.51 bits per heavy atom. The van der Waals surface area contributed by atoms with Crippen LogP contribution < -0.4 is 20.4 Å². The predicted molar refractivity (Wildman–Crippen MR) is 278 cm³/mol. The van der Waals surface area contributed by atoms with Gasteiger partial charge in [0.1, 0.15) is 11.3 Å². The molecule has 5 amide bonds. The van der Waals surface area contributed by atoms with Gasteiger partial charge < -0.3 is 34.4 Å². The summed E-state index contributed by atoms with van der Waals surface area (Å²) in [5.74, 6) is 1.34. The third-order valence-corrected chi connectivity index (χ3v) is 18.9. The average Bonchev–Trinajstić information content (AvgIpc) is 3.98. The molecule has 10 heterocycles. The van der Waals surface area contributed by atoms with Crippen LogP contribution >= 0.6 is 0 Å². The number of rotatable bonds is 10. The number of hydrogen-bond acceptors (Lipinski definition) is 11. The van der Waals surface area contributed by atoms with Crippen molar-refractivity contribution >= 4 is 57.9 Å². The molecule has 3 aromatic heterocycles. The van der Waals surface area contributed by atoms with Gasteiger partial charge in [-0.05, 0) is 153 Å². The smallest absolute Gasteiger partial charge is 0.238 e. The van der Waals surface area contributed by atoms with Crippen LogP contribution in [-0.4, -0.2) is 133 Å². The fourth-order valence-corrected chi connectivity index (χ4v) is 14.5. The predicted octanol–water partition coefficient (Wildman–Crippen LogP) is 7.08. The molecule has 2 N–H and O–H groups in total. The van der Waals surface area contributed by atoms with Gasteiger partial charge in [-0.1, -0.05) is 24.6 Å². The average molecular weight is 990 g/mol. The van der Waals surface area contributed by atoms with Crippen molar-refractivity contribution in [2.45, 2.75) is 171 Å². The number of carbonyl (C=O) groups is 5. The van der Waals surface area contributed by atoms with Crippen molar-refractivity contribution in [1.82, 2.24) is 39.5 Å². The van der Waals surface area contributed by atoms with E-state index < -0.39 is 5.41 Å². The third-order valence-electron chi connectivity index (χ3n) is 18.9. The summed E-state index contributed by atoms with van der Waals surface area (Å²) in [7, 11) is 0. The van der Waals surface area contributed by atoms with Crippen LogP contribution in [0.1, 0.15) is 146 Å². The molecule has 2 saturated carbocycles. The van der Waals surface area contributed by atoms with Crippen LogP contribution in [-0.2, 0) is 29.4 Å². The summed E-state index contributed by atoms with van der Waals surface area (Å²) in [5, 5.41) is 6.15. The van der Waals surface area contributed by atoms with Crippen LogP contribution in [0.15, 0.2) is 48.9 Å². The maximum Gasteiger partial charge on any atom is 0.238 e. The molecular formula is C57H71N11O5. The van der Waals surface area contributed by atoms with Crippen LogP contribution in [0.2, 0.25) is 0 Å². The van der Waals surface area contributed by atoms with Crippen LogP contribution in [0.3, 0.4) is 0 Å². The van der Waals surface area contributed by atoms with E-state index >= 15 is 4.79 Å². The molecule has 6 saturated heterocycles. The maximum atomic E-state index is 15.3. The number of amides is 5. The minimum absolute atomic E-state index is 0.0537. The van der Waals surface area contributed by atoms with Gasteiger partial charge in [-0.15, -0.1) is 0 Å². The molecule has 4 aromatic rings. The van der Waals surface area contributed by atoms with Gasteiger partial charge in [0.15, 0.2) is 5.82 Å². The summed E-state index contributed by atoms with van der Waals surface area (Å²) < 4.78 is 2.20. The lowest BCUT2D eigenvalue weighted by Crippen LogP contribution is -2.59. The fraction of sp³-hybridized carbons (Fsp3) is 0.614. The number of carbonyl (C=O) groups excluding carboxylic acids is 5. The van der Waals surface area contributed by atoms with Crippen molar-refractivity contribution in [3.05, 3.63) is 60.0 Å². The summed E-state index contributed by atoms with van der Waals surface area (Å²) in [5.41, 5.74) is 6.07. The summed E-state index contributed by atoms with van der Waals surface area (Å²) in [4.78, 5) is 94.4. The molecule has 13 rings (SSSR count). The number of nitrogens with zero attached hydrogens (tertiary/aromatic N) is 9. The minimum atomic E-state index is -0.674. The highest BCUT2D eigenvalue weighted by Gasteiger charge is 2.57. The largest absolute Gasteiger partial charge is 0.366 e. The molecular weight excluding hydrogens is 919 g/mol. The topological polar surface area (TPSA) is 169 Å². The van der Waals surface area contributed by atoms with Crippen molar-refractivity contribution in [3.8, 4) is 11.3 Å². The summed E-state index contributed by atoms with van der Waals surface area (Å²) in [6, 6.07) is 14.1. The van der Waals surface area contributed by atoms with Gasteiger partial charge in [0.05, 0.1) is 28.9 Å². The van der Waals surface area contributed by atoms with Gasteiger partial charge in [0, 0.05) is 98.1 Å². The van der Waals surface area contributed by atoms with Crippen LogP contribution in [0.25, 0.3) is 22.3 Å². The van der Waals surface area contributed by atoms with Gasteiger partial charge in [0.25, 0.3) is 0 Å². The van der Waals surface area contributed by atoms with Crippen molar-refractivity contribution in [2.24, 2.45) is 11.8 Å². The van der Waals surface area contributed by atoms with Crippen LogP contribution in [0.4, 0.5) is 17.3 Å². The Kier molecular flexibility index (Phi) is 11.9. The van der Waals surface area contributed by atoms with Gasteiger partial charge in [-0.2, -0.15) is 0 Å². The zero-order valence-electron chi connectivity index (χ0n) is 42.6. The highest BCUT2D eigenvalue weighted by Crippen LogP contribution is 2.53. The summed E-state index contributed by atoms with van der Waals surface area (Å²) in [6.45, 7) is 9.21. The van der Waals surface area contributed by atoms with E-state index in [0.717, 1.165) is 128 Å². The molecule has 16 heteroatoms. The Bertz CT molecular complexity index is 2820. The first-order valence-corrected chi connectivity index (χ1v) is 28.0. The molecule has 0 radical (unpaired) electrons. The van der Waals surface area contributed by atoms with E-state index in [1.165, 1.54) is 19.3 Å². The SMILES string of the molecule is CC(C)n1cnc2cc(-c3ccc4c(c3)N([C@H]3C[C@@H](N5CCCCC5)C3)C(=O)C43CCN(C(=O)C4CC5CCC(C4)N5C(=O)C4CCN(c5ccc(C6CCC(=O)NC6=O)cn5)CC4)CC3)nc(NC3CC3)c21. The van der Waals surface area contributed by atoms with Crippen LogP contribution in [0, 0.1) is 11.8 Å². The number of imide groups is 1. The van der Waals surface area contributed by atoms with E-state index in [1.54, 1.807) is 6.20 Å². The molecule has 3 atom stereocenters. The Balaban J connectivity index is 0.678. The molecule has 1 spiro atoms. The molecule has 7 aliphatic heterocycles. The zero-order valence-corrected chi connectivity index (χ0v) is 42.6. The summed E-state index contributed by atoms with van der Waals surface area (Å²) >= 11 is 0. The zero-order chi connectivity index (χ0) is 49.7. The van der Waals surface area contributed by atoms with Crippen molar-refractivity contribution in [1.29, 1.82) is 0 Å². The molecule has 73 heavy (non-hydrogen) atoms. The first-order valence-electron chi connectivity index (χ1n) is 28.0. The Morgan fingerprint density at radius 1 is 0.753 bits per heavy atom. The number of benzene rings is 1. The van der Waals surface area contributed by atoms with E-state index in [4.69, 9.17) is 15.0 Å². The Labute approximate surface area is 428 Å². The molecule has 3 unspecified atom stereocenters. The number of anilines is 3. The van der Waals surface area contributed by atoms with E-state index in [0.29, 0.717) is 63.7 Å². The normalized spacial score (nSPS) is 28.5. The van der Waals surface area contributed by atoms with E-state index in [9.17, 15) is 19.2 Å². The van der Waals surface area contributed by atoms with E-state index in [-0.39, 0.29) is 71.5 Å². The molecule has 2 aliphatic carbocycles. The van der Waals surface area contributed by atoms with Crippen molar-refractivity contribution in [2.75, 3.05) is 54.4 Å². The monoisotopic (exact) mass is 990 g/mol. The number of fused-ring (bicyclic) bond motifs is 5. The highest BCUT2D eigenvalue weighted by molar-refractivity contribution is 6.09. The number of imidazole rings is 1. The highest BCUT2D eigenvalue weighted by atomic mass is 16.2. The molecule has 8 fully saturated rings. The molecule has 16 nitrogen and oxygen atoms in total. The number of hydrogen-bond donors (Lipinski definition) is 2. The number of nitrogens with one attached hydrogen (secondary N) is 2. The number of piperidine rings is 5. The Morgan fingerprint density at radius 3 is 2.19 bits per heavy atom. The van der Waals surface area contributed by atoms with Gasteiger partial charge in [-0.3, -0.25) is 29.3 Å². The number of pyridine rings is 2. The lowest BCUT2D eigenvalue weighted by Gasteiger charge is -2.48. The van der Waals surface area contributed by atoms with Crippen molar-refractivity contribution < 1.29 is 24.0 Å². The Hall–Kier alpha value is -5.90. The first kappa shape index (κ1) is 46.9. The van der Waals surface area contributed by atoms with E-state index in [1.807, 2.05) is 18.5 Å². The van der Waals surface area contributed by atoms with Crippen LogP contribution in [0.5, 0.6) is 0 Å². The van der Waals surface area contributed by atoms with Gasteiger partial charge in [-0.25, -0.2) is 15.0 Å². The second kappa shape index (κ2) is 18.5. The second-order valence-corrected chi connectivity index (χ2v) is 23.6. The minimum Gasteiger partial charge on any atom is -0.366 e. The lowest BCUT2D eigenvalue weighted by molar-refractivity contribution is -0.148. The molecule has 1 aromatic carbocycles. The second-order valence-electron chi connectivity index (χ2n) is 23.6. The molecule has 2 bridgehead atoms. The standard InChI is InChI=1S/C57H71N11O5/c1-34(2)66-33-59-47-31-46(61-52(51(47)66)60-39-8-9-39)36-6-13-45-48(28-36)68(43-29-42(30-43)63-20-4-3-5-21-63)56(73)57(45)18-24-65(25-19-57)54(71)38-26-40-10-11-41(27-38)67(40)55(72)35-16-22-64(23-17-35)49-14-7-37(32-58-49)44-12-15-50(69)62-53(44)70/h6-7,13-14,28,31-35,38-44H,3-5,8-12,15-27,29-30H2,1-2H3,(H,60,61)(H,62,69,70)/t38?,40?,41?,42-,43+,44?. The van der Waals surface area contributed by atoms with Gasteiger partial charge in [0.2, 0.25) is 29.5 Å². The van der Waals surface area contributed by atoms with Crippen molar-refractivity contribution in [3.63, 3.8) is 0 Å². The lowest BCUT2D eigenvalue weighted by atomic mass is 9.73. The summed E-state index contributed by atoms with van der Waals surface area (Å²) in [6.07, 6.45) is 18.6. The number of likely N-dealkylation sites (tertiary alicyclic amines) is 2.